The number of hydrogen-bond donors (Lipinski definition) is 1. The first-order valence-corrected chi connectivity index (χ1v) is 8.39. The van der Waals surface area contributed by atoms with Crippen LogP contribution in [0.4, 0.5) is 0 Å². The summed E-state index contributed by atoms with van der Waals surface area (Å²) in [5.41, 5.74) is 4.63. The summed E-state index contributed by atoms with van der Waals surface area (Å²) in [6, 6.07) is 7.98. The zero-order valence-corrected chi connectivity index (χ0v) is 14.4. The summed E-state index contributed by atoms with van der Waals surface area (Å²) in [5, 5.41) is 4.32. The van der Waals surface area contributed by atoms with E-state index in [1.807, 2.05) is 24.3 Å². The van der Waals surface area contributed by atoms with Gasteiger partial charge >= 0.3 is 0 Å². The van der Waals surface area contributed by atoms with Crippen LogP contribution in [0.2, 0.25) is 0 Å². The van der Waals surface area contributed by atoms with Gasteiger partial charge in [-0.05, 0) is 24.1 Å². The second kappa shape index (κ2) is 9.02. The molecule has 120 valence electrons. The van der Waals surface area contributed by atoms with Gasteiger partial charge in [-0.15, -0.1) is 0 Å². The fourth-order valence-corrected chi connectivity index (χ4v) is 2.54. The van der Waals surface area contributed by atoms with E-state index in [0.717, 1.165) is 41.7 Å². The number of carbonyl (C=O) groups excluding carboxylic acids is 1. The average Bonchev–Trinajstić information content (AvgIpc) is 2.53. The number of nitrogens with one attached hydrogen (secondary N) is 1. The van der Waals surface area contributed by atoms with Gasteiger partial charge in [0.15, 0.2) is 0 Å². The minimum absolute atomic E-state index is 0.0763. The minimum atomic E-state index is -0.0763. The second-order valence-electron chi connectivity index (χ2n) is 5.24. The third-order valence-electron chi connectivity index (χ3n) is 3.45. The van der Waals surface area contributed by atoms with Crippen molar-refractivity contribution in [2.45, 2.75) is 19.8 Å². The van der Waals surface area contributed by atoms with Gasteiger partial charge in [0.1, 0.15) is 0 Å². The molecule has 1 heterocycles. The fraction of sp³-hybridized carbons (Fsp3) is 0.500. The molecule has 1 fully saturated rings. The van der Waals surface area contributed by atoms with Crippen molar-refractivity contribution in [2.75, 3.05) is 32.8 Å². The van der Waals surface area contributed by atoms with Crippen molar-refractivity contribution in [3.8, 4) is 0 Å². The van der Waals surface area contributed by atoms with Crippen LogP contribution < -0.4 is 5.43 Å². The summed E-state index contributed by atoms with van der Waals surface area (Å²) < 4.78 is 6.31. The molecule has 5 nitrogen and oxygen atoms in total. The van der Waals surface area contributed by atoms with Crippen LogP contribution in [0.1, 0.15) is 25.3 Å². The Balaban J connectivity index is 1.94. The largest absolute Gasteiger partial charge is 0.379 e. The van der Waals surface area contributed by atoms with E-state index in [1.54, 1.807) is 0 Å². The molecule has 0 atom stereocenters. The normalized spacial score (nSPS) is 16.5. The molecule has 1 amide bonds. The molecule has 22 heavy (non-hydrogen) atoms. The van der Waals surface area contributed by atoms with Gasteiger partial charge in [-0.25, -0.2) is 5.43 Å². The molecule has 6 heteroatoms. The number of rotatable bonds is 6. The van der Waals surface area contributed by atoms with E-state index in [1.165, 1.54) is 0 Å². The van der Waals surface area contributed by atoms with Crippen molar-refractivity contribution in [2.24, 2.45) is 5.10 Å². The zero-order chi connectivity index (χ0) is 15.8. The predicted molar refractivity (Wildman–Crippen MR) is 91.0 cm³/mol. The van der Waals surface area contributed by atoms with E-state index in [4.69, 9.17) is 4.74 Å². The predicted octanol–water partition coefficient (Wildman–Crippen LogP) is 2.40. The Hall–Kier alpha value is -1.24. The van der Waals surface area contributed by atoms with Crippen LogP contribution in [0.25, 0.3) is 0 Å². The van der Waals surface area contributed by atoms with Gasteiger partial charge in [-0.1, -0.05) is 41.4 Å². The number of ether oxygens (including phenoxy) is 1. The molecule has 0 unspecified atom stereocenters. The lowest BCUT2D eigenvalue weighted by Crippen LogP contribution is -2.42. The van der Waals surface area contributed by atoms with Crippen LogP contribution in [0, 0.1) is 0 Å². The molecule has 0 radical (unpaired) electrons. The number of morpholine rings is 1. The quantitative estimate of drug-likeness (QED) is 0.620. The maximum absolute atomic E-state index is 12.0. The molecule has 1 saturated heterocycles. The number of benzene rings is 1. The first-order chi connectivity index (χ1) is 10.7. The molecule has 0 spiro atoms. The summed E-state index contributed by atoms with van der Waals surface area (Å²) in [6.07, 6.45) is 1.81. The molecular formula is C16H22BrN3O2. The van der Waals surface area contributed by atoms with E-state index < -0.39 is 0 Å². The number of amides is 1. The number of nitrogens with zero attached hydrogens (tertiary/aromatic N) is 2. The summed E-state index contributed by atoms with van der Waals surface area (Å²) in [4.78, 5) is 14.1. The third kappa shape index (κ3) is 5.51. The van der Waals surface area contributed by atoms with Crippen molar-refractivity contribution in [3.63, 3.8) is 0 Å². The summed E-state index contributed by atoms with van der Waals surface area (Å²) in [7, 11) is 0. The van der Waals surface area contributed by atoms with Gasteiger partial charge in [-0.3, -0.25) is 9.69 Å². The first kappa shape index (κ1) is 17.1. The summed E-state index contributed by atoms with van der Waals surface area (Å²) in [6.45, 7) is 5.45. The lowest BCUT2D eigenvalue weighted by Gasteiger charge is -2.25. The van der Waals surface area contributed by atoms with Crippen molar-refractivity contribution in [1.82, 2.24) is 10.3 Å². The van der Waals surface area contributed by atoms with Gasteiger partial charge in [0.05, 0.1) is 25.5 Å². The minimum Gasteiger partial charge on any atom is -0.379 e. The van der Waals surface area contributed by atoms with E-state index in [9.17, 15) is 4.79 Å². The van der Waals surface area contributed by atoms with Crippen LogP contribution in [-0.2, 0) is 9.53 Å². The molecule has 0 aliphatic carbocycles. The first-order valence-electron chi connectivity index (χ1n) is 7.60. The standard InChI is InChI=1S/C16H22BrN3O2/c1-2-3-15(13-4-6-14(17)7-5-13)18-19-16(21)12-20-8-10-22-11-9-20/h4-7H,2-3,8-12H2,1H3,(H,19,21). The molecule has 1 aromatic rings. The van der Waals surface area contributed by atoms with Gasteiger partial charge in [0, 0.05) is 17.6 Å². The maximum atomic E-state index is 12.0. The van der Waals surface area contributed by atoms with Crippen LogP contribution in [-0.4, -0.2) is 49.4 Å². The van der Waals surface area contributed by atoms with Crippen molar-refractivity contribution in [3.05, 3.63) is 34.3 Å². The van der Waals surface area contributed by atoms with Crippen LogP contribution in [0.15, 0.2) is 33.8 Å². The maximum Gasteiger partial charge on any atom is 0.254 e. The van der Waals surface area contributed by atoms with Gasteiger partial charge in [-0.2, -0.15) is 5.10 Å². The molecule has 1 N–H and O–H groups in total. The Morgan fingerprint density at radius 2 is 2.00 bits per heavy atom. The van der Waals surface area contributed by atoms with Crippen molar-refractivity contribution >= 4 is 27.5 Å². The van der Waals surface area contributed by atoms with Crippen molar-refractivity contribution < 1.29 is 9.53 Å². The molecule has 0 aromatic heterocycles. The molecule has 0 bridgehead atoms. The lowest BCUT2D eigenvalue weighted by molar-refractivity contribution is -0.123. The highest BCUT2D eigenvalue weighted by Gasteiger charge is 2.14. The summed E-state index contributed by atoms with van der Waals surface area (Å²) >= 11 is 3.43. The Bertz CT molecular complexity index is 511. The fourth-order valence-electron chi connectivity index (χ4n) is 2.27. The second-order valence-corrected chi connectivity index (χ2v) is 6.15. The number of carbonyl (C=O) groups is 1. The Kier molecular flexibility index (Phi) is 7.02. The Labute approximate surface area is 139 Å². The third-order valence-corrected chi connectivity index (χ3v) is 3.98. The molecular weight excluding hydrogens is 346 g/mol. The van der Waals surface area contributed by atoms with Gasteiger partial charge < -0.3 is 4.74 Å². The molecule has 0 saturated carbocycles. The monoisotopic (exact) mass is 367 g/mol. The molecule has 1 aromatic carbocycles. The number of hydrogen-bond acceptors (Lipinski definition) is 4. The van der Waals surface area contributed by atoms with Crippen LogP contribution in [0.3, 0.4) is 0 Å². The van der Waals surface area contributed by atoms with Crippen LogP contribution >= 0.6 is 15.9 Å². The zero-order valence-electron chi connectivity index (χ0n) is 12.8. The number of halogens is 1. The SMILES string of the molecule is CCCC(=NNC(=O)CN1CCOCC1)c1ccc(Br)cc1. The topological polar surface area (TPSA) is 53.9 Å². The van der Waals surface area contributed by atoms with Gasteiger partial charge in [0.25, 0.3) is 5.91 Å². The highest BCUT2D eigenvalue weighted by Crippen LogP contribution is 2.13. The Morgan fingerprint density at radius 3 is 2.64 bits per heavy atom. The van der Waals surface area contributed by atoms with E-state index in [0.29, 0.717) is 19.8 Å². The highest BCUT2D eigenvalue weighted by atomic mass is 79.9. The lowest BCUT2D eigenvalue weighted by atomic mass is 10.1. The van der Waals surface area contributed by atoms with E-state index >= 15 is 0 Å². The molecule has 2 rings (SSSR count). The average molecular weight is 368 g/mol. The molecule has 1 aliphatic heterocycles. The van der Waals surface area contributed by atoms with Crippen LogP contribution in [0.5, 0.6) is 0 Å². The van der Waals surface area contributed by atoms with E-state index in [-0.39, 0.29) is 5.91 Å². The summed E-state index contributed by atoms with van der Waals surface area (Å²) in [5.74, 6) is -0.0763. The molecule has 1 aliphatic rings. The van der Waals surface area contributed by atoms with Gasteiger partial charge in [0.2, 0.25) is 0 Å². The number of hydrazone groups is 1. The smallest absolute Gasteiger partial charge is 0.254 e. The van der Waals surface area contributed by atoms with E-state index in [2.05, 4.69) is 38.3 Å². The van der Waals surface area contributed by atoms with Crippen molar-refractivity contribution in [1.29, 1.82) is 0 Å². The Morgan fingerprint density at radius 1 is 1.32 bits per heavy atom. The highest BCUT2D eigenvalue weighted by molar-refractivity contribution is 9.10.